The predicted molar refractivity (Wildman–Crippen MR) is 57.8 cm³/mol. The minimum Gasteiger partial charge on any atom is -0.300 e. The molecule has 2 atom stereocenters. The number of rotatable bonds is 3. The summed E-state index contributed by atoms with van der Waals surface area (Å²) >= 11 is 3.51. The monoisotopic (exact) mass is 233 g/mol. The maximum absolute atomic E-state index is 3.51. The van der Waals surface area contributed by atoms with E-state index in [-0.39, 0.29) is 0 Å². The van der Waals surface area contributed by atoms with Crippen LogP contribution in [-0.2, 0) is 0 Å². The number of hydrogen-bond donors (Lipinski definition) is 0. The summed E-state index contributed by atoms with van der Waals surface area (Å²) in [5.74, 6) is 0.959. The summed E-state index contributed by atoms with van der Waals surface area (Å²) in [6.45, 7) is 7.21. The fourth-order valence-corrected chi connectivity index (χ4v) is 2.47. The van der Waals surface area contributed by atoms with Gasteiger partial charge in [-0.3, -0.25) is 4.90 Å². The van der Waals surface area contributed by atoms with E-state index in [2.05, 4.69) is 34.7 Å². The quantitative estimate of drug-likeness (QED) is 0.679. The third-order valence-corrected chi connectivity index (χ3v) is 3.41. The fourth-order valence-electron chi connectivity index (χ4n) is 2.02. The van der Waals surface area contributed by atoms with Crippen LogP contribution in [0.2, 0.25) is 0 Å². The Balaban J connectivity index is 2.36. The first-order valence-corrected chi connectivity index (χ1v) is 6.20. The van der Waals surface area contributed by atoms with Gasteiger partial charge in [-0.25, -0.2) is 0 Å². The fraction of sp³-hybridized carbons (Fsp3) is 1.00. The Hall–Kier alpha value is 0.440. The Morgan fingerprint density at radius 3 is 2.75 bits per heavy atom. The Labute approximate surface area is 84.6 Å². The van der Waals surface area contributed by atoms with Crippen LogP contribution in [-0.4, -0.2) is 29.4 Å². The molecule has 2 heteroatoms. The minimum atomic E-state index is 0.811. The van der Waals surface area contributed by atoms with E-state index in [1.165, 1.54) is 32.4 Å². The molecule has 0 aromatic rings. The van der Waals surface area contributed by atoms with Crippen LogP contribution in [0.1, 0.15) is 33.1 Å². The zero-order valence-corrected chi connectivity index (χ0v) is 9.81. The predicted octanol–water partition coefficient (Wildman–Crippen LogP) is 2.89. The third-order valence-electron chi connectivity index (χ3n) is 3.06. The summed E-state index contributed by atoms with van der Waals surface area (Å²) in [6, 6.07) is 0.811. The van der Waals surface area contributed by atoms with Crippen molar-refractivity contribution < 1.29 is 0 Å². The Kier molecular flexibility index (Phi) is 4.59. The molecule has 0 aromatic carbocycles. The molecule has 1 aliphatic heterocycles. The Bertz CT molecular complexity index is 127. The number of halogens is 1. The normalized spacial score (nSPS) is 32.2. The van der Waals surface area contributed by atoms with Crippen LogP contribution in [0.4, 0.5) is 0 Å². The molecule has 1 fully saturated rings. The van der Waals surface area contributed by atoms with Crippen molar-refractivity contribution in [1.82, 2.24) is 4.90 Å². The molecule has 0 N–H and O–H groups in total. The summed E-state index contributed by atoms with van der Waals surface area (Å²) in [4.78, 5) is 2.62. The number of likely N-dealkylation sites (tertiary alicyclic amines) is 1. The van der Waals surface area contributed by atoms with Gasteiger partial charge < -0.3 is 0 Å². The molecule has 12 heavy (non-hydrogen) atoms. The van der Waals surface area contributed by atoms with Crippen molar-refractivity contribution in [2.75, 3.05) is 18.4 Å². The number of piperidine rings is 1. The molecule has 0 radical (unpaired) electrons. The van der Waals surface area contributed by atoms with E-state index in [1.54, 1.807) is 0 Å². The topological polar surface area (TPSA) is 3.24 Å². The van der Waals surface area contributed by atoms with Gasteiger partial charge in [-0.15, -0.1) is 0 Å². The molecule has 0 aliphatic carbocycles. The van der Waals surface area contributed by atoms with Gasteiger partial charge in [0.2, 0.25) is 0 Å². The summed E-state index contributed by atoms with van der Waals surface area (Å²) in [5.41, 5.74) is 0. The largest absolute Gasteiger partial charge is 0.300 e. The second-order valence-corrected chi connectivity index (χ2v) is 4.68. The van der Waals surface area contributed by atoms with Gasteiger partial charge in [0.15, 0.2) is 0 Å². The molecule has 1 rings (SSSR count). The van der Waals surface area contributed by atoms with Crippen molar-refractivity contribution in [2.24, 2.45) is 5.92 Å². The second-order valence-electron chi connectivity index (χ2n) is 3.88. The molecule has 0 amide bonds. The maximum Gasteiger partial charge on any atom is 0.0159 e. The van der Waals surface area contributed by atoms with E-state index in [9.17, 15) is 0 Å². The maximum atomic E-state index is 3.51. The Morgan fingerprint density at radius 1 is 1.42 bits per heavy atom. The van der Waals surface area contributed by atoms with Crippen LogP contribution in [0.3, 0.4) is 0 Å². The van der Waals surface area contributed by atoms with Crippen molar-refractivity contribution in [1.29, 1.82) is 0 Å². The SMILES string of the molecule is CC[C@@H]1CC[C@@H](C)N(CCBr)C1. The van der Waals surface area contributed by atoms with Gasteiger partial charge in [0.1, 0.15) is 0 Å². The molecule has 1 heterocycles. The van der Waals surface area contributed by atoms with Gasteiger partial charge in [0, 0.05) is 24.5 Å². The molecule has 1 saturated heterocycles. The van der Waals surface area contributed by atoms with Crippen molar-refractivity contribution in [2.45, 2.75) is 39.2 Å². The standard InChI is InChI=1S/C10H20BrN/c1-3-10-5-4-9(2)12(8-10)7-6-11/h9-10H,3-8H2,1-2H3/t9-,10-/m1/s1. The first-order chi connectivity index (χ1) is 5.77. The van der Waals surface area contributed by atoms with Crippen molar-refractivity contribution >= 4 is 15.9 Å². The van der Waals surface area contributed by atoms with Crippen LogP contribution in [0.25, 0.3) is 0 Å². The van der Waals surface area contributed by atoms with E-state index in [1.807, 2.05) is 0 Å². The van der Waals surface area contributed by atoms with Gasteiger partial charge in [-0.05, 0) is 25.7 Å². The third kappa shape index (κ3) is 2.74. The van der Waals surface area contributed by atoms with Crippen LogP contribution < -0.4 is 0 Å². The van der Waals surface area contributed by atoms with E-state index in [4.69, 9.17) is 0 Å². The molecule has 0 aromatic heterocycles. The van der Waals surface area contributed by atoms with Crippen LogP contribution in [0.5, 0.6) is 0 Å². The summed E-state index contributed by atoms with van der Waals surface area (Å²) < 4.78 is 0. The molecular weight excluding hydrogens is 214 g/mol. The van der Waals surface area contributed by atoms with E-state index >= 15 is 0 Å². The molecule has 72 valence electrons. The summed E-state index contributed by atoms with van der Waals surface area (Å²) in [5, 5.41) is 1.12. The van der Waals surface area contributed by atoms with E-state index in [0.29, 0.717) is 0 Å². The summed E-state index contributed by atoms with van der Waals surface area (Å²) in [6.07, 6.45) is 4.19. The van der Waals surface area contributed by atoms with Gasteiger partial charge in [0.25, 0.3) is 0 Å². The van der Waals surface area contributed by atoms with Gasteiger partial charge in [-0.2, -0.15) is 0 Å². The van der Waals surface area contributed by atoms with Crippen molar-refractivity contribution in [3.05, 3.63) is 0 Å². The van der Waals surface area contributed by atoms with Crippen LogP contribution in [0, 0.1) is 5.92 Å². The number of hydrogen-bond acceptors (Lipinski definition) is 1. The highest BCUT2D eigenvalue weighted by molar-refractivity contribution is 9.09. The zero-order chi connectivity index (χ0) is 8.97. The lowest BCUT2D eigenvalue weighted by Gasteiger charge is -2.37. The lowest BCUT2D eigenvalue weighted by atomic mass is 9.92. The average molecular weight is 234 g/mol. The molecule has 1 nitrogen and oxygen atoms in total. The molecule has 0 spiro atoms. The number of alkyl halides is 1. The first-order valence-electron chi connectivity index (χ1n) is 5.08. The van der Waals surface area contributed by atoms with E-state index in [0.717, 1.165) is 17.3 Å². The molecule has 0 bridgehead atoms. The molecular formula is C10H20BrN. The summed E-state index contributed by atoms with van der Waals surface area (Å²) in [7, 11) is 0. The van der Waals surface area contributed by atoms with Crippen LogP contribution >= 0.6 is 15.9 Å². The highest BCUT2D eigenvalue weighted by atomic mass is 79.9. The van der Waals surface area contributed by atoms with Gasteiger partial charge >= 0.3 is 0 Å². The second kappa shape index (κ2) is 5.23. The van der Waals surface area contributed by atoms with E-state index < -0.39 is 0 Å². The molecule has 0 saturated carbocycles. The highest BCUT2D eigenvalue weighted by Gasteiger charge is 2.23. The first kappa shape index (κ1) is 10.5. The van der Waals surface area contributed by atoms with Gasteiger partial charge in [-0.1, -0.05) is 29.3 Å². The van der Waals surface area contributed by atoms with Crippen molar-refractivity contribution in [3.63, 3.8) is 0 Å². The van der Waals surface area contributed by atoms with Gasteiger partial charge in [0.05, 0.1) is 0 Å². The minimum absolute atomic E-state index is 0.811. The molecule has 0 unspecified atom stereocenters. The lowest BCUT2D eigenvalue weighted by Crippen LogP contribution is -2.42. The zero-order valence-electron chi connectivity index (χ0n) is 8.22. The highest BCUT2D eigenvalue weighted by Crippen LogP contribution is 2.23. The smallest absolute Gasteiger partial charge is 0.0159 e. The van der Waals surface area contributed by atoms with Crippen LogP contribution in [0.15, 0.2) is 0 Å². The number of nitrogens with zero attached hydrogens (tertiary/aromatic N) is 1. The van der Waals surface area contributed by atoms with Crippen molar-refractivity contribution in [3.8, 4) is 0 Å². The Morgan fingerprint density at radius 2 is 2.17 bits per heavy atom. The lowest BCUT2D eigenvalue weighted by molar-refractivity contribution is 0.124. The average Bonchev–Trinajstić information content (AvgIpc) is 2.09. The molecule has 1 aliphatic rings.